The molecule has 2 unspecified atom stereocenters. The molecule has 14 fully saturated rings. The van der Waals surface area contributed by atoms with E-state index in [1.54, 1.807) is 14.1 Å². The molecule has 0 aromatic carbocycles. The Bertz CT molecular complexity index is 2760. The summed E-state index contributed by atoms with van der Waals surface area (Å²) in [5.41, 5.74) is 1.71. The lowest BCUT2D eigenvalue weighted by Crippen LogP contribution is -2.61. The first-order chi connectivity index (χ1) is 44.9. The van der Waals surface area contributed by atoms with Crippen molar-refractivity contribution in [2.24, 2.45) is 113 Å². The summed E-state index contributed by atoms with van der Waals surface area (Å²) in [5, 5.41) is 21.3. The van der Waals surface area contributed by atoms with Crippen molar-refractivity contribution in [3.8, 4) is 0 Å². The Balaban J connectivity index is 0.000000174. The number of aliphatic hydroxyl groups is 1. The highest BCUT2D eigenvalue weighted by atomic mass is 28.4. The fourth-order valence-corrected chi connectivity index (χ4v) is 31.3. The lowest BCUT2D eigenvalue weighted by Gasteiger charge is -2.64. The lowest BCUT2D eigenvalue weighted by atomic mass is 9.41. The maximum absolute atomic E-state index is 12.6. The average molecular weight is 1350 g/mol. The van der Waals surface area contributed by atoms with Gasteiger partial charge in [0.1, 0.15) is 12.2 Å². The van der Waals surface area contributed by atoms with E-state index in [0.717, 1.165) is 83.0 Å². The van der Waals surface area contributed by atoms with Crippen LogP contribution in [0.2, 0.25) is 18.1 Å². The normalized spacial score (nSPS) is 50.1. The number of aliphatic hydroxyl groups excluding tert-OH is 1. The third-order valence-electron chi connectivity index (χ3n) is 33.4. The fourth-order valence-electron chi connectivity index (χ4n) is 28.4. The van der Waals surface area contributed by atoms with Crippen molar-refractivity contribution in [1.82, 2.24) is 16.0 Å². The molecular weight excluding hydrogens is 1210 g/mol. The minimum Gasteiger partial charge on any atom is -0.443 e. The van der Waals surface area contributed by atoms with E-state index in [0.29, 0.717) is 69.0 Å². The molecule has 28 atom stereocenters. The third-order valence-corrected chi connectivity index (χ3v) is 38.0. The van der Waals surface area contributed by atoms with Crippen LogP contribution in [0.25, 0.3) is 0 Å². The van der Waals surface area contributed by atoms with Gasteiger partial charge in [-0.15, -0.1) is 0 Å². The van der Waals surface area contributed by atoms with Gasteiger partial charge in [-0.25, -0.2) is 9.59 Å². The average Bonchev–Trinajstić information content (AvgIpc) is 1.47. The highest BCUT2D eigenvalue weighted by molar-refractivity contribution is 6.73. The van der Waals surface area contributed by atoms with Gasteiger partial charge in [0, 0.05) is 44.6 Å². The van der Waals surface area contributed by atoms with Gasteiger partial charge in [-0.1, -0.05) is 118 Å². The molecule has 16 heteroatoms. The molecule has 4 saturated heterocycles. The molecular formula is C79H135N3O12Si. The van der Waals surface area contributed by atoms with E-state index in [1.807, 2.05) is 0 Å². The zero-order chi connectivity index (χ0) is 68.2. The van der Waals surface area contributed by atoms with Gasteiger partial charge >= 0.3 is 12.2 Å². The summed E-state index contributed by atoms with van der Waals surface area (Å²) in [4.78, 5) is 24.9. The van der Waals surface area contributed by atoms with Gasteiger partial charge in [-0.05, 0) is 243 Å². The maximum Gasteiger partial charge on any atom is 0.407 e. The van der Waals surface area contributed by atoms with Crippen molar-refractivity contribution < 1.29 is 57.0 Å². The number of hydrogen-bond acceptors (Lipinski definition) is 13. The van der Waals surface area contributed by atoms with Crippen molar-refractivity contribution in [2.45, 2.75) is 331 Å². The number of carbonyl (C=O) groups excluding carboxylic acids is 2. The van der Waals surface area contributed by atoms with Crippen LogP contribution in [0.1, 0.15) is 240 Å². The van der Waals surface area contributed by atoms with Gasteiger partial charge in [-0.2, -0.15) is 0 Å². The Morgan fingerprint density at radius 1 is 0.568 bits per heavy atom. The van der Waals surface area contributed by atoms with E-state index in [9.17, 15) is 14.7 Å². The minimum atomic E-state index is -2.00. The molecule has 95 heavy (non-hydrogen) atoms. The second-order valence-electron chi connectivity index (χ2n) is 37.7. The van der Waals surface area contributed by atoms with Crippen LogP contribution in [0.3, 0.4) is 0 Å². The fraction of sp³-hybridized carbons (Fsp3) is 0.975. The first-order valence-corrected chi connectivity index (χ1v) is 42.1. The summed E-state index contributed by atoms with van der Waals surface area (Å²) >= 11 is 0. The van der Waals surface area contributed by atoms with Gasteiger partial charge in [0.2, 0.25) is 0 Å². The number of hydrogen-bond donors (Lipinski definition) is 4. The second-order valence-corrected chi connectivity index (χ2v) is 42.4. The van der Waals surface area contributed by atoms with Crippen LogP contribution in [-0.4, -0.2) is 140 Å². The molecule has 2 amide bonds. The summed E-state index contributed by atoms with van der Waals surface area (Å²) in [5.74, 6) is 4.37. The van der Waals surface area contributed by atoms with Crippen molar-refractivity contribution in [3.05, 3.63) is 0 Å². The molecule has 4 spiro atoms. The molecule has 14 rings (SSSR count). The van der Waals surface area contributed by atoms with Crippen molar-refractivity contribution in [1.29, 1.82) is 0 Å². The smallest absolute Gasteiger partial charge is 0.407 e. The van der Waals surface area contributed by atoms with Gasteiger partial charge in [0.15, 0.2) is 20.9 Å². The lowest BCUT2D eigenvalue weighted by molar-refractivity contribution is -0.242. The Labute approximate surface area is 575 Å². The van der Waals surface area contributed by atoms with E-state index < -0.39 is 20.5 Å². The monoisotopic (exact) mass is 1350 g/mol. The first-order valence-electron chi connectivity index (χ1n) is 39.6. The highest BCUT2D eigenvalue weighted by Gasteiger charge is 2.87. The molecule has 4 N–H and O–H groups in total. The van der Waals surface area contributed by atoms with Crippen LogP contribution >= 0.6 is 0 Å². The molecule has 542 valence electrons. The van der Waals surface area contributed by atoms with Gasteiger partial charge in [0.25, 0.3) is 0 Å². The molecule has 0 radical (unpaired) electrons. The van der Waals surface area contributed by atoms with Crippen molar-refractivity contribution >= 4 is 20.5 Å². The molecule has 10 saturated carbocycles. The SMILES string of the molecule is CC[Si](CC)(CC)O[C@H]1[C@H]2O[C@@H]([C@H](OC(=O)NC)C(C)C)C[C@@H](C)[C@@H]2[C@@]2(C)CCC34C[C@@]35CC[C@H](O[C@H]3CCCCO3)C(C)(C)[C@@H]5CC[C@H]4[C@]12C.CNC(=O)O[C@H](C(C)C)[C@H]1C[C@@H](C)[C@H]2[C@H](O1)[C@H](O)[C@@]1(C)[C@@H]3CC[C@H]4C(C)(C)[C@@H](O[C@H]5CNCCO5)CC[C@@]45CC35CC[C@]21C. The van der Waals surface area contributed by atoms with Crippen LogP contribution in [0.4, 0.5) is 9.59 Å². The van der Waals surface area contributed by atoms with Crippen LogP contribution in [0, 0.1) is 113 Å². The number of morpholine rings is 1. The van der Waals surface area contributed by atoms with Crippen LogP contribution < -0.4 is 16.0 Å². The highest BCUT2D eigenvalue weighted by Crippen LogP contribution is 2.91. The third kappa shape index (κ3) is 10.5. The molecule has 4 heterocycles. The van der Waals surface area contributed by atoms with E-state index in [4.69, 9.17) is 42.3 Å². The zero-order valence-corrected chi connectivity index (χ0v) is 64.0. The van der Waals surface area contributed by atoms with Crippen molar-refractivity contribution in [3.63, 3.8) is 0 Å². The van der Waals surface area contributed by atoms with E-state index in [2.05, 4.69) is 134 Å². The first kappa shape index (κ1) is 71.8. The number of alkyl carbamates (subject to hydrolysis) is 2. The Morgan fingerprint density at radius 3 is 1.48 bits per heavy atom. The Morgan fingerprint density at radius 2 is 1.02 bits per heavy atom. The summed E-state index contributed by atoms with van der Waals surface area (Å²) in [6, 6.07) is 3.45. The summed E-state index contributed by atoms with van der Waals surface area (Å²) in [7, 11) is 1.25. The Hall–Kier alpha value is -1.60. The molecule has 14 aliphatic rings. The van der Waals surface area contributed by atoms with E-state index in [1.165, 1.54) is 83.5 Å². The number of ether oxygens (including phenoxy) is 8. The van der Waals surface area contributed by atoms with Crippen LogP contribution in [-0.2, 0) is 42.3 Å². The number of rotatable bonds is 15. The van der Waals surface area contributed by atoms with E-state index in [-0.39, 0.29) is 118 Å². The number of nitrogens with one attached hydrogen (secondary N) is 3. The predicted molar refractivity (Wildman–Crippen MR) is 373 cm³/mol. The molecule has 10 aliphatic carbocycles. The number of carbonyl (C=O) groups is 2. The Kier molecular flexibility index (Phi) is 19.2. The maximum atomic E-state index is 12.6. The molecule has 4 aliphatic heterocycles. The molecule has 0 aromatic rings. The van der Waals surface area contributed by atoms with Crippen molar-refractivity contribution in [2.75, 3.05) is 40.4 Å². The van der Waals surface area contributed by atoms with Crippen LogP contribution in [0.15, 0.2) is 0 Å². The molecule has 0 aromatic heterocycles. The van der Waals surface area contributed by atoms with Crippen LogP contribution in [0.5, 0.6) is 0 Å². The topological polar surface area (TPSA) is 174 Å². The largest absolute Gasteiger partial charge is 0.443 e. The molecule has 0 bridgehead atoms. The number of amides is 2. The van der Waals surface area contributed by atoms with E-state index >= 15 is 0 Å². The minimum absolute atomic E-state index is 0.0152. The number of fused-ring (bicyclic) bond motifs is 8. The quantitative estimate of drug-likeness (QED) is 0.0902. The summed E-state index contributed by atoms with van der Waals surface area (Å²) in [6.07, 6.45) is 20.8. The summed E-state index contributed by atoms with van der Waals surface area (Å²) < 4.78 is 60.0. The van der Waals surface area contributed by atoms with Gasteiger partial charge < -0.3 is 63.4 Å². The van der Waals surface area contributed by atoms with Gasteiger partial charge in [0.05, 0.1) is 55.4 Å². The second kappa shape index (κ2) is 25.4. The standard InChI is InChI=1S/C43H75NO6Si.C36H60N2O6/c1-12-51(13-2,14-3)50-37-36-34(28(6)25-29(47-36)35(27(4)5)49-38(45)44-11)40(9)22-23-43-26-42(43)21-20-32(48-33-17-15-16-24-46-33)39(7,8)30(42)18-19-31(43)41(37,40)10;1-20(2)28(44-31(40)37-8)22-17-21(3)27-29(42-22)30(39)34(7)24-10-9-23-32(4,5)25(43-26-18-38-15-16-41-26)11-12-35(23)19-36(24,35)14-13-33(27,34)6/h27-37H,12-26H2,1-11H3,(H,44,45);20-30,38-39H,9-19H2,1-8H3,(H,37,40)/t28-,29-,30+,31+,32+,33+,34+,35-,36+,37+,40-,41-,42-,43?;21-,22-,23+,24+,25+,26+,27+,28-,29+,30+,33-,34-,35-,36?/m11/s1. The summed E-state index contributed by atoms with van der Waals surface area (Å²) in [6.45, 7) is 44.2. The van der Waals surface area contributed by atoms with Gasteiger partial charge in [-0.3, -0.25) is 0 Å². The predicted octanol–water partition coefficient (Wildman–Crippen LogP) is 15.6. The zero-order valence-electron chi connectivity index (χ0n) is 63.0. The molecule has 15 nitrogen and oxygen atoms in total.